The molecular weight excluding hydrogens is 294 g/mol. The summed E-state index contributed by atoms with van der Waals surface area (Å²) in [4.78, 5) is 23.9. The number of aromatic hydroxyl groups is 2. The molecule has 2 rings (SSSR count). The van der Waals surface area contributed by atoms with Gasteiger partial charge in [0.1, 0.15) is 11.4 Å². The van der Waals surface area contributed by atoms with Crippen LogP contribution in [0.4, 0.5) is 17.1 Å². The number of nitro groups is 2. The van der Waals surface area contributed by atoms with Crippen molar-refractivity contribution in [2.75, 3.05) is 0 Å². The van der Waals surface area contributed by atoms with E-state index < -0.39 is 21.3 Å². The third-order valence-corrected chi connectivity index (χ3v) is 2.72. The second-order valence-electron chi connectivity index (χ2n) is 4.19. The molecule has 0 aromatic heterocycles. The Kier molecular flexibility index (Phi) is 3.98. The summed E-state index contributed by atoms with van der Waals surface area (Å²) >= 11 is 0. The van der Waals surface area contributed by atoms with Gasteiger partial charge in [0.2, 0.25) is 0 Å². The maximum atomic E-state index is 10.7. The van der Waals surface area contributed by atoms with E-state index in [0.717, 1.165) is 30.3 Å². The molecule has 112 valence electrons. The smallest absolute Gasteiger partial charge is 0.311 e. The molecular formula is C13H9N3O6. The minimum absolute atomic E-state index is 0.0510. The quantitative estimate of drug-likeness (QED) is 0.505. The van der Waals surface area contributed by atoms with Crippen LogP contribution in [0.25, 0.3) is 0 Å². The van der Waals surface area contributed by atoms with E-state index in [-0.39, 0.29) is 22.7 Å². The van der Waals surface area contributed by atoms with Crippen LogP contribution in [0.5, 0.6) is 11.5 Å². The van der Waals surface area contributed by atoms with Gasteiger partial charge in [-0.1, -0.05) is 0 Å². The number of phenolic OH excluding ortho intramolecular Hbond substituents is 2. The molecule has 0 amide bonds. The van der Waals surface area contributed by atoms with Crippen LogP contribution >= 0.6 is 0 Å². The molecule has 0 unspecified atom stereocenters. The first kappa shape index (κ1) is 14.9. The molecule has 0 heterocycles. The van der Waals surface area contributed by atoms with Gasteiger partial charge in [-0.05, 0) is 23.8 Å². The lowest BCUT2D eigenvalue weighted by molar-refractivity contribution is -0.385. The Morgan fingerprint density at radius 3 is 2.27 bits per heavy atom. The van der Waals surface area contributed by atoms with Crippen molar-refractivity contribution in [3.05, 3.63) is 62.2 Å². The summed E-state index contributed by atoms with van der Waals surface area (Å²) in [6.45, 7) is 0. The largest absolute Gasteiger partial charge is 0.506 e. The van der Waals surface area contributed by atoms with Crippen LogP contribution < -0.4 is 0 Å². The molecule has 2 N–H and O–H groups in total. The van der Waals surface area contributed by atoms with Crippen molar-refractivity contribution in [3.63, 3.8) is 0 Å². The molecule has 0 saturated heterocycles. The number of non-ortho nitro benzene ring substituents is 1. The summed E-state index contributed by atoms with van der Waals surface area (Å²) in [7, 11) is 0. The van der Waals surface area contributed by atoms with E-state index in [1.807, 2.05) is 0 Å². The first-order valence-electron chi connectivity index (χ1n) is 5.87. The third kappa shape index (κ3) is 3.15. The van der Waals surface area contributed by atoms with Gasteiger partial charge in [0, 0.05) is 24.4 Å². The van der Waals surface area contributed by atoms with Crippen molar-refractivity contribution in [2.45, 2.75) is 0 Å². The summed E-state index contributed by atoms with van der Waals surface area (Å²) < 4.78 is 0. The average Bonchev–Trinajstić information content (AvgIpc) is 2.47. The summed E-state index contributed by atoms with van der Waals surface area (Å²) in [5, 5.41) is 40.3. The molecule has 2 aromatic carbocycles. The van der Waals surface area contributed by atoms with E-state index in [9.17, 15) is 30.4 Å². The van der Waals surface area contributed by atoms with E-state index in [1.54, 1.807) is 0 Å². The second-order valence-corrected chi connectivity index (χ2v) is 4.19. The number of nitrogens with zero attached hydrogens (tertiary/aromatic N) is 3. The molecule has 0 bridgehead atoms. The molecule has 0 aliphatic heterocycles. The molecule has 0 aliphatic rings. The van der Waals surface area contributed by atoms with Crippen molar-refractivity contribution >= 4 is 23.3 Å². The Balaban J connectivity index is 2.36. The van der Waals surface area contributed by atoms with Crippen molar-refractivity contribution in [2.24, 2.45) is 4.99 Å². The zero-order valence-corrected chi connectivity index (χ0v) is 10.9. The average molecular weight is 303 g/mol. The van der Waals surface area contributed by atoms with Crippen LogP contribution in [-0.4, -0.2) is 26.3 Å². The number of hydrogen-bond acceptors (Lipinski definition) is 7. The first-order valence-corrected chi connectivity index (χ1v) is 5.87. The molecule has 0 fully saturated rings. The van der Waals surface area contributed by atoms with Gasteiger partial charge >= 0.3 is 5.69 Å². The van der Waals surface area contributed by atoms with Gasteiger partial charge in [0.15, 0.2) is 5.75 Å². The van der Waals surface area contributed by atoms with Crippen LogP contribution in [0, 0.1) is 20.2 Å². The molecule has 9 heteroatoms. The highest BCUT2D eigenvalue weighted by Crippen LogP contribution is 2.31. The minimum Gasteiger partial charge on any atom is -0.506 e. The molecule has 0 spiro atoms. The fourth-order valence-corrected chi connectivity index (χ4v) is 1.64. The van der Waals surface area contributed by atoms with Gasteiger partial charge in [-0.15, -0.1) is 0 Å². The lowest BCUT2D eigenvalue weighted by Gasteiger charge is -2.00. The zero-order valence-electron chi connectivity index (χ0n) is 10.9. The van der Waals surface area contributed by atoms with E-state index in [2.05, 4.69) is 4.99 Å². The highest BCUT2D eigenvalue weighted by molar-refractivity contribution is 5.84. The van der Waals surface area contributed by atoms with E-state index in [1.165, 1.54) is 12.3 Å². The van der Waals surface area contributed by atoms with Gasteiger partial charge in [-0.2, -0.15) is 0 Å². The zero-order chi connectivity index (χ0) is 16.3. The lowest BCUT2D eigenvalue weighted by Crippen LogP contribution is -1.91. The third-order valence-electron chi connectivity index (χ3n) is 2.72. The molecule has 22 heavy (non-hydrogen) atoms. The maximum Gasteiger partial charge on any atom is 0.311 e. The van der Waals surface area contributed by atoms with Gasteiger partial charge in [-0.25, -0.2) is 0 Å². The molecule has 9 nitrogen and oxygen atoms in total. The standard InChI is InChI=1S/C13H9N3O6/c17-12-4-2-9(15(19)20)6-10(12)14-7-8-1-3-13(18)11(5-8)16(21)22/h1-7,17-18H. The summed E-state index contributed by atoms with van der Waals surface area (Å²) in [6.07, 6.45) is 1.19. The van der Waals surface area contributed by atoms with Gasteiger partial charge in [-0.3, -0.25) is 25.2 Å². The Morgan fingerprint density at radius 1 is 0.955 bits per heavy atom. The molecule has 0 saturated carbocycles. The molecule has 2 aromatic rings. The number of aliphatic imine (C=N–C) groups is 1. The van der Waals surface area contributed by atoms with E-state index in [0.29, 0.717) is 0 Å². The lowest BCUT2D eigenvalue weighted by atomic mass is 10.2. The summed E-state index contributed by atoms with van der Waals surface area (Å²) in [6, 6.07) is 6.92. The molecule has 0 radical (unpaired) electrons. The van der Waals surface area contributed by atoms with Gasteiger partial charge < -0.3 is 10.2 Å². The highest BCUT2D eigenvalue weighted by Gasteiger charge is 2.13. The van der Waals surface area contributed by atoms with Gasteiger partial charge in [0.05, 0.1) is 9.85 Å². The van der Waals surface area contributed by atoms with Crippen LogP contribution in [-0.2, 0) is 0 Å². The first-order chi connectivity index (χ1) is 10.4. The Hall–Kier alpha value is -3.49. The predicted molar refractivity (Wildman–Crippen MR) is 76.8 cm³/mol. The highest BCUT2D eigenvalue weighted by atomic mass is 16.6. The fourth-order valence-electron chi connectivity index (χ4n) is 1.64. The van der Waals surface area contributed by atoms with Crippen LogP contribution in [0.2, 0.25) is 0 Å². The van der Waals surface area contributed by atoms with Crippen LogP contribution in [0.15, 0.2) is 41.4 Å². The second kappa shape index (κ2) is 5.87. The SMILES string of the molecule is O=[N+]([O-])c1ccc(O)c(N=Cc2ccc(O)c([N+](=O)[O-])c2)c1. The summed E-state index contributed by atoms with van der Waals surface area (Å²) in [5.41, 5.74) is -0.505. The number of nitro benzene ring substituents is 2. The Morgan fingerprint density at radius 2 is 1.64 bits per heavy atom. The Labute approximate surface area is 123 Å². The van der Waals surface area contributed by atoms with Crippen molar-refractivity contribution < 1.29 is 20.1 Å². The summed E-state index contributed by atoms with van der Waals surface area (Å²) in [5.74, 6) is -0.754. The fraction of sp³-hybridized carbons (Fsp3) is 0. The minimum atomic E-state index is -0.752. The number of benzene rings is 2. The van der Waals surface area contributed by atoms with Gasteiger partial charge in [0.25, 0.3) is 5.69 Å². The van der Waals surface area contributed by atoms with Crippen LogP contribution in [0.3, 0.4) is 0 Å². The van der Waals surface area contributed by atoms with E-state index in [4.69, 9.17) is 0 Å². The Bertz CT molecular complexity index is 787. The van der Waals surface area contributed by atoms with E-state index >= 15 is 0 Å². The predicted octanol–water partition coefficient (Wildman–Crippen LogP) is 2.66. The molecule has 0 atom stereocenters. The van der Waals surface area contributed by atoms with Crippen molar-refractivity contribution in [1.29, 1.82) is 0 Å². The number of phenols is 2. The number of rotatable bonds is 4. The van der Waals surface area contributed by atoms with Crippen molar-refractivity contribution in [3.8, 4) is 11.5 Å². The van der Waals surface area contributed by atoms with Crippen LogP contribution in [0.1, 0.15) is 5.56 Å². The monoisotopic (exact) mass is 303 g/mol. The normalized spacial score (nSPS) is 10.7. The van der Waals surface area contributed by atoms with Crippen molar-refractivity contribution in [1.82, 2.24) is 0 Å². The maximum absolute atomic E-state index is 10.7. The molecule has 0 aliphatic carbocycles. The topological polar surface area (TPSA) is 139 Å². The number of hydrogen-bond donors (Lipinski definition) is 2.